The van der Waals surface area contributed by atoms with Gasteiger partial charge in [0, 0.05) is 29.5 Å². The van der Waals surface area contributed by atoms with Crippen LogP contribution in [0.15, 0.2) is 78.0 Å². The fourth-order valence-electron chi connectivity index (χ4n) is 2.40. The van der Waals surface area contributed by atoms with Crippen LogP contribution in [0.25, 0.3) is 11.1 Å². The van der Waals surface area contributed by atoms with Crippen LogP contribution < -0.4 is 4.73 Å². The van der Waals surface area contributed by atoms with Crippen molar-refractivity contribution in [3.63, 3.8) is 0 Å². The minimum absolute atomic E-state index is 0.820. The van der Waals surface area contributed by atoms with Gasteiger partial charge in [-0.05, 0) is 35.2 Å². The predicted octanol–water partition coefficient (Wildman–Crippen LogP) is 4.13. The molecule has 0 saturated heterocycles. The molecular formula is C20H19N2O+. The van der Waals surface area contributed by atoms with Gasteiger partial charge >= 0.3 is 0 Å². The molecule has 0 atom stereocenters. The zero-order valence-corrected chi connectivity index (χ0v) is 13.1. The Hall–Kier alpha value is -2.94. The molecule has 3 heteroatoms. The lowest BCUT2D eigenvalue weighted by Gasteiger charge is -2.05. The minimum atomic E-state index is 0.820. The van der Waals surface area contributed by atoms with Crippen LogP contribution in [-0.2, 0) is 6.42 Å². The van der Waals surface area contributed by atoms with Crippen molar-refractivity contribution in [2.45, 2.75) is 13.3 Å². The number of hydrogen-bond acceptors (Lipinski definition) is 2. The average molecular weight is 303 g/mol. The first kappa shape index (κ1) is 15.0. The van der Waals surface area contributed by atoms with Crippen molar-refractivity contribution >= 4 is 11.9 Å². The lowest BCUT2D eigenvalue weighted by Crippen LogP contribution is -2.27. The minimum Gasteiger partial charge on any atom is -0.285 e. The van der Waals surface area contributed by atoms with Crippen LogP contribution in [-0.4, -0.2) is 11.4 Å². The highest BCUT2D eigenvalue weighted by atomic mass is 16.5. The van der Waals surface area contributed by atoms with E-state index in [9.17, 15) is 5.21 Å². The molecule has 3 rings (SSSR count). The Morgan fingerprint density at radius 2 is 1.70 bits per heavy atom. The Kier molecular flexibility index (Phi) is 4.48. The fourth-order valence-corrected chi connectivity index (χ4v) is 2.40. The molecule has 1 heterocycles. The molecule has 0 aliphatic heterocycles. The Morgan fingerprint density at radius 3 is 2.43 bits per heavy atom. The summed E-state index contributed by atoms with van der Waals surface area (Å²) >= 11 is 0. The maximum absolute atomic E-state index is 9.32. The summed E-state index contributed by atoms with van der Waals surface area (Å²) in [6.45, 7) is 2.06. The molecular weight excluding hydrogens is 284 g/mol. The summed E-state index contributed by atoms with van der Waals surface area (Å²) in [6.07, 6.45) is 6.01. The third-order valence-corrected chi connectivity index (χ3v) is 3.76. The smallest absolute Gasteiger partial charge is 0.222 e. The number of benzene rings is 2. The third-order valence-electron chi connectivity index (χ3n) is 3.76. The molecule has 23 heavy (non-hydrogen) atoms. The van der Waals surface area contributed by atoms with Crippen LogP contribution in [0.3, 0.4) is 0 Å². The molecule has 0 bridgehead atoms. The van der Waals surface area contributed by atoms with Gasteiger partial charge in [-0.3, -0.25) is 10.2 Å². The molecule has 3 nitrogen and oxygen atoms in total. The van der Waals surface area contributed by atoms with Crippen LogP contribution in [0.4, 0.5) is 5.69 Å². The van der Waals surface area contributed by atoms with Gasteiger partial charge in [0.25, 0.3) is 0 Å². The van der Waals surface area contributed by atoms with Gasteiger partial charge in [-0.15, -0.1) is 0 Å². The molecule has 3 aromatic rings. The quantitative estimate of drug-likeness (QED) is 0.439. The second-order valence-electron chi connectivity index (χ2n) is 5.47. The molecule has 0 radical (unpaired) electrons. The Morgan fingerprint density at radius 1 is 0.957 bits per heavy atom. The molecule has 0 spiro atoms. The van der Waals surface area contributed by atoms with Crippen molar-refractivity contribution < 1.29 is 9.94 Å². The van der Waals surface area contributed by atoms with E-state index in [4.69, 9.17) is 0 Å². The molecule has 0 amide bonds. The van der Waals surface area contributed by atoms with Gasteiger partial charge in [0.05, 0.1) is 5.69 Å². The third kappa shape index (κ3) is 3.83. The van der Waals surface area contributed by atoms with Crippen LogP contribution in [0.1, 0.15) is 11.1 Å². The molecule has 1 aromatic heterocycles. The maximum atomic E-state index is 9.32. The number of nitrogens with zero attached hydrogens (tertiary/aromatic N) is 2. The first-order valence-electron chi connectivity index (χ1n) is 7.60. The topological polar surface area (TPSA) is 36.5 Å². The highest BCUT2D eigenvalue weighted by molar-refractivity contribution is 5.72. The first-order chi connectivity index (χ1) is 11.2. The number of hydrogen-bond donors (Lipinski definition) is 1. The lowest BCUT2D eigenvalue weighted by molar-refractivity contribution is -0.904. The molecule has 0 aliphatic carbocycles. The van der Waals surface area contributed by atoms with E-state index < -0.39 is 0 Å². The van der Waals surface area contributed by atoms with Gasteiger partial charge in [0.1, 0.15) is 0 Å². The van der Waals surface area contributed by atoms with Gasteiger partial charge < -0.3 is 0 Å². The van der Waals surface area contributed by atoms with Crippen LogP contribution in [0.5, 0.6) is 0 Å². The zero-order valence-electron chi connectivity index (χ0n) is 13.1. The summed E-state index contributed by atoms with van der Waals surface area (Å²) in [5.74, 6) is 0. The Bertz CT molecular complexity index is 809. The predicted molar refractivity (Wildman–Crippen MR) is 92.3 cm³/mol. The average Bonchev–Trinajstić information content (AvgIpc) is 2.58. The number of rotatable bonds is 4. The molecule has 0 unspecified atom stereocenters. The molecule has 0 saturated carbocycles. The number of aryl methyl sites for hydroxylation is 1. The largest absolute Gasteiger partial charge is 0.285 e. The van der Waals surface area contributed by atoms with E-state index >= 15 is 0 Å². The standard InChI is InChI=1S/C20H19N2O/c1-16-7-8-19(18-10-13-22(23)14-11-18)15-20(16)21-12-9-17-5-3-2-4-6-17/h2-8,10-15,23H,9H2,1H3/q+1. The van der Waals surface area contributed by atoms with Gasteiger partial charge in [-0.2, -0.15) is 0 Å². The SMILES string of the molecule is Cc1ccc(-c2cc[n+](O)cc2)cc1N=CCc1ccccc1. The molecule has 1 N–H and O–H groups in total. The van der Waals surface area contributed by atoms with E-state index in [0.717, 1.165) is 33.5 Å². The van der Waals surface area contributed by atoms with E-state index in [1.807, 2.05) is 36.5 Å². The summed E-state index contributed by atoms with van der Waals surface area (Å²) in [6, 6.07) is 20.3. The van der Waals surface area contributed by atoms with Gasteiger partial charge in [-0.1, -0.05) is 42.5 Å². The summed E-state index contributed by atoms with van der Waals surface area (Å²) in [5, 5.41) is 9.32. The molecule has 2 aromatic carbocycles. The van der Waals surface area contributed by atoms with Crippen molar-refractivity contribution in [2.24, 2.45) is 4.99 Å². The van der Waals surface area contributed by atoms with Crippen molar-refractivity contribution in [3.05, 3.63) is 84.2 Å². The van der Waals surface area contributed by atoms with Crippen LogP contribution in [0, 0.1) is 6.92 Å². The molecule has 0 fully saturated rings. The summed E-state index contributed by atoms with van der Waals surface area (Å²) in [4.78, 5) is 4.63. The molecule has 114 valence electrons. The monoisotopic (exact) mass is 303 g/mol. The second-order valence-corrected chi connectivity index (χ2v) is 5.47. The lowest BCUT2D eigenvalue weighted by atomic mass is 10.0. The first-order valence-corrected chi connectivity index (χ1v) is 7.60. The fraction of sp³-hybridized carbons (Fsp3) is 0.100. The summed E-state index contributed by atoms with van der Waals surface area (Å²) < 4.78 is 1.04. The highest BCUT2D eigenvalue weighted by Gasteiger charge is 2.04. The number of aliphatic imine (C=N–C) groups is 1. The zero-order chi connectivity index (χ0) is 16.1. The number of aromatic nitrogens is 1. The van der Waals surface area contributed by atoms with Crippen LogP contribution in [0.2, 0.25) is 0 Å². The van der Waals surface area contributed by atoms with E-state index in [2.05, 4.69) is 42.2 Å². The van der Waals surface area contributed by atoms with Crippen LogP contribution >= 0.6 is 0 Å². The van der Waals surface area contributed by atoms with E-state index in [0.29, 0.717) is 0 Å². The highest BCUT2D eigenvalue weighted by Crippen LogP contribution is 2.26. The summed E-state index contributed by atoms with van der Waals surface area (Å²) in [7, 11) is 0. The summed E-state index contributed by atoms with van der Waals surface area (Å²) in [5.41, 5.74) is 5.50. The van der Waals surface area contributed by atoms with E-state index in [1.165, 1.54) is 5.56 Å². The van der Waals surface area contributed by atoms with Crippen molar-refractivity contribution in [1.82, 2.24) is 0 Å². The molecule has 0 aliphatic rings. The Labute approximate surface area is 136 Å². The normalized spacial score (nSPS) is 11.0. The van der Waals surface area contributed by atoms with Gasteiger partial charge in [0.2, 0.25) is 12.4 Å². The van der Waals surface area contributed by atoms with Crippen molar-refractivity contribution in [1.29, 1.82) is 0 Å². The van der Waals surface area contributed by atoms with E-state index in [-0.39, 0.29) is 0 Å². The Balaban J connectivity index is 1.82. The van der Waals surface area contributed by atoms with Crippen molar-refractivity contribution in [3.8, 4) is 11.1 Å². The van der Waals surface area contributed by atoms with Crippen molar-refractivity contribution in [2.75, 3.05) is 0 Å². The number of pyridine rings is 1. The van der Waals surface area contributed by atoms with E-state index in [1.54, 1.807) is 12.4 Å². The maximum Gasteiger partial charge on any atom is 0.222 e. The second kappa shape index (κ2) is 6.88. The van der Waals surface area contributed by atoms with Gasteiger partial charge in [-0.25, -0.2) is 0 Å². The van der Waals surface area contributed by atoms with Gasteiger partial charge in [0.15, 0.2) is 0 Å².